The van der Waals surface area contributed by atoms with E-state index in [1.54, 1.807) is 0 Å². The number of nitrogen functional groups attached to an aromatic ring is 1. The third-order valence-corrected chi connectivity index (χ3v) is 3.65. The average Bonchev–Trinajstić information content (AvgIpc) is 2.36. The minimum Gasteiger partial charge on any atom is -0.383 e. The highest BCUT2D eigenvalue weighted by Gasteiger charge is 2.10. The average molecular weight is 327 g/mol. The van der Waals surface area contributed by atoms with Crippen LogP contribution in [-0.2, 0) is 6.42 Å². The minimum absolute atomic E-state index is 0.471. The number of hydrogen-bond acceptors (Lipinski definition) is 3. The Kier molecular flexibility index (Phi) is 4.19. The molecule has 0 aliphatic carbocycles. The molecule has 18 heavy (non-hydrogen) atoms. The molecule has 2 N–H and O–H groups in total. The minimum atomic E-state index is 0.471. The highest BCUT2D eigenvalue weighted by atomic mass is 79.9. The summed E-state index contributed by atoms with van der Waals surface area (Å²) < 4.78 is 0.794. The molecule has 0 fully saturated rings. The van der Waals surface area contributed by atoms with Gasteiger partial charge in [0.2, 0.25) is 0 Å². The highest BCUT2D eigenvalue weighted by molar-refractivity contribution is 9.10. The second-order valence-corrected chi connectivity index (χ2v) is 5.18. The van der Waals surface area contributed by atoms with E-state index in [-0.39, 0.29) is 0 Å². The van der Waals surface area contributed by atoms with Crippen molar-refractivity contribution >= 4 is 33.3 Å². The Morgan fingerprint density at radius 3 is 2.50 bits per heavy atom. The lowest BCUT2D eigenvalue weighted by Crippen LogP contribution is -2.02. The maximum Gasteiger partial charge on any atom is 0.161 e. The molecular weight excluding hydrogens is 314 g/mol. The summed E-state index contributed by atoms with van der Waals surface area (Å²) in [6, 6.07) is 7.41. The molecule has 1 aromatic carbocycles. The van der Waals surface area contributed by atoms with E-state index in [9.17, 15) is 0 Å². The summed E-state index contributed by atoms with van der Waals surface area (Å²) in [5.41, 5.74) is 7.75. The van der Waals surface area contributed by atoms with E-state index in [0.29, 0.717) is 16.7 Å². The van der Waals surface area contributed by atoms with E-state index >= 15 is 0 Å². The smallest absolute Gasteiger partial charge is 0.161 e. The van der Waals surface area contributed by atoms with Gasteiger partial charge < -0.3 is 5.73 Å². The summed E-state index contributed by atoms with van der Waals surface area (Å²) in [6.07, 6.45) is 1.88. The number of halogens is 2. The van der Waals surface area contributed by atoms with Crippen molar-refractivity contribution in [2.45, 2.75) is 19.8 Å². The number of hydrogen-bond donors (Lipinski definition) is 1. The molecule has 0 saturated heterocycles. The fraction of sp³-hybridized carbons (Fsp3) is 0.231. The van der Waals surface area contributed by atoms with Crippen molar-refractivity contribution in [3.8, 4) is 11.4 Å². The lowest BCUT2D eigenvalue weighted by atomic mass is 10.2. The number of nitrogens with two attached hydrogens (primary N) is 1. The summed E-state index contributed by atoms with van der Waals surface area (Å²) in [5, 5.41) is 0.692. The Balaban J connectivity index is 2.48. The fourth-order valence-electron chi connectivity index (χ4n) is 1.64. The standard InChI is InChI=1S/C13H13BrClN3/c1-2-3-10-11(14)12(16)18-13(17-10)8-4-6-9(15)7-5-8/h4-7H,2-3H2,1H3,(H2,16,17,18). The third-order valence-electron chi connectivity index (χ3n) is 2.53. The van der Waals surface area contributed by atoms with Gasteiger partial charge >= 0.3 is 0 Å². The van der Waals surface area contributed by atoms with Gasteiger partial charge in [-0.3, -0.25) is 0 Å². The van der Waals surface area contributed by atoms with Crippen LogP contribution >= 0.6 is 27.5 Å². The topological polar surface area (TPSA) is 51.8 Å². The van der Waals surface area contributed by atoms with Crippen LogP contribution in [0.1, 0.15) is 19.0 Å². The van der Waals surface area contributed by atoms with E-state index < -0.39 is 0 Å². The Morgan fingerprint density at radius 1 is 1.22 bits per heavy atom. The Hall–Kier alpha value is -1.13. The number of benzene rings is 1. The van der Waals surface area contributed by atoms with Crippen LogP contribution in [0, 0.1) is 0 Å². The molecule has 94 valence electrons. The van der Waals surface area contributed by atoms with Gasteiger partial charge in [0.25, 0.3) is 0 Å². The number of rotatable bonds is 3. The first-order valence-electron chi connectivity index (χ1n) is 5.69. The maximum atomic E-state index is 5.89. The first-order valence-corrected chi connectivity index (χ1v) is 6.86. The van der Waals surface area contributed by atoms with E-state index in [4.69, 9.17) is 17.3 Å². The van der Waals surface area contributed by atoms with Crippen LogP contribution in [0.5, 0.6) is 0 Å². The van der Waals surface area contributed by atoms with E-state index in [0.717, 1.165) is 28.6 Å². The van der Waals surface area contributed by atoms with Gasteiger partial charge in [-0.15, -0.1) is 0 Å². The van der Waals surface area contributed by atoms with Crippen molar-refractivity contribution in [3.05, 3.63) is 39.5 Å². The SMILES string of the molecule is CCCc1nc(-c2ccc(Cl)cc2)nc(N)c1Br. The Morgan fingerprint density at radius 2 is 1.89 bits per heavy atom. The molecule has 0 atom stereocenters. The number of nitrogens with zero attached hydrogens (tertiary/aromatic N) is 2. The molecule has 2 aromatic rings. The second-order valence-electron chi connectivity index (χ2n) is 3.95. The molecule has 0 spiro atoms. The van der Waals surface area contributed by atoms with Gasteiger partial charge in [-0.1, -0.05) is 24.9 Å². The monoisotopic (exact) mass is 325 g/mol. The second kappa shape index (κ2) is 5.67. The first kappa shape index (κ1) is 13.3. The normalized spacial score (nSPS) is 10.6. The predicted octanol–water partition coefficient (Wildman–Crippen LogP) is 4.09. The van der Waals surface area contributed by atoms with E-state index in [1.807, 2.05) is 24.3 Å². The van der Waals surface area contributed by atoms with Crippen LogP contribution in [0.2, 0.25) is 5.02 Å². The van der Waals surface area contributed by atoms with Gasteiger partial charge in [0.1, 0.15) is 5.82 Å². The van der Waals surface area contributed by atoms with Crippen molar-refractivity contribution in [1.82, 2.24) is 9.97 Å². The van der Waals surface area contributed by atoms with E-state index in [1.165, 1.54) is 0 Å². The number of anilines is 1. The van der Waals surface area contributed by atoms with Crippen molar-refractivity contribution in [1.29, 1.82) is 0 Å². The zero-order chi connectivity index (χ0) is 13.1. The molecule has 0 bridgehead atoms. The molecule has 0 aliphatic heterocycles. The third kappa shape index (κ3) is 2.82. The summed E-state index contributed by atoms with van der Waals surface area (Å²) in [5.74, 6) is 1.11. The molecule has 0 unspecified atom stereocenters. The van der Waals surface area contributed by atoms with Gasteiger partial charge in [0.15, 0.2) is 5.82 Å². The van der Waals surface area contributed by atoms with Crippen molar-refractivity contribution < 1.29 is 0 Å². The van der Waals surface area contributed by atoms with Gasteiger partial charge in [-0.2, -0.15) is 0 Å². The van der Waals surface area contributed by atoms with Crippen LogP contribution < -0.4 is 5.73 Å². The van der Waals surface area contributed by atoms with Crippen LogP contribution in [0.15, 0.2) is 28.7 Å². The lowest BCUT2D eigenvalue weighted by Gasteiger charge is -2.08. The van der Waals surface area contributed by atoms with Gasteiger partial charge in [0, 0.05) is 10.6 Å². The summed E-state index contributed by atoms with van der Waals surface area (Å²) >= 11 is 9.29. The molecule has 3 nitrogen and oxygen atoms in total. The lowest BCUT2D eigenvalue weighted by molar-refractivity contribution is 0.870. The first-order chi connectivity index (χ1) is 8.61. The molecule has 5 heteroatoms. The van der Waals surface area contributed by atoms with Gasteiger partial charge in [-0.25, -0.2) is 9.97 Å². The number of aromatic nitrogens is 2. The largest absolute Gasteiger partial charge is 0.383 e. The molecule has 0 amide bonds. The molecular formula is C13H13BrClN3. The van der Waals surface area contributed by atoms with Crippen molar-refractivity contribution in [3.63, 3.8) is 0 Å². The molecule has 2 rings (SSSR count). The Bertz CT molecular complexity index is 555. The predicted molar refractivity (Wildman–Crippen MR) is 78.6 cm³/mol. The molecule has 0 aliphatic rings. The van der Waals surface area contributed by atoms with Crippen molar-refractivity contribution in [2.75, 3.05) is 5.73 Å². The molecule has 0 saturated carbocycles. The van der Waals surface area contributed by atoms with Crippen LogP contribution in [-0.4, -0.2) is 9.97 Å². The summed E-state index contributed by atoms with van der Waals surface area (Å²) in [4.78, 5) is 8.83. The molecule has 1 heterocycles. The van der Waals surface area contributed by atoms with Crippen LogP contribution in [0.4, 0.5) is 5.82 Å². The van der Waals surface area contributed by atoms with Crippen LogP contribution in [0.25, 0.3) is 11.4 Å². The van der Waals surface area contributed by atoms with Crippen LogP contribution in [0.3, 0.4) is 0 Å². The zero-order valence-corrected chi connectivity index (χ0v) is 12.3. The van der Waals surface area contributed by atoms with Gasteiger partial charge in [-0.05, 0) is 46.6 Å². The maximum absolute atomic E-state index is 5.89. The zero-order valence-electron chi connectivity index (χ0n) is 9.95. The fourth-order valence-corrected chi connectivity index (χ4v) is 2.14. The Labute approximate surface area is 120 Å². The molecule has 1 aromatic heterocycles. The summed E-state index contributed by atoms with van der Waals surface area (Å²) in [7, 11) is 0. The summed E-state index contributed by atoms with van der Waals surface area (Å²) in [6.45, 7) is 2.10. The highest BCUT2D eigenvalue weighted by Crippen LogP contribution is 2.26. The van der Waals surface area contributed by atoms with Crippen molar-refractivity contribution in [2.24, 2.45) is 0 Å². The van der Waals surface area contributed by atoms with Gasteiger partial charge in [0.05, 0.1) is 10.2 Å². The quantitative estimate of drug-likeness (QED) is 0.924. The molecule has 0 radical (unpaired) electrons. The van der Waals surface area contributed by atoms with E-state index in [2.05, 4.69) is 32.8 Å². The number of aryl methyl sites for hydroxylation is 1.